The molecule has 1 atom stereocenters. The Balaban J connectivity index is 1.66. The predicted octanol–water partition coefficient (Wildman–Crippen LogP) is 0.391. The second kappa shape index (κ2) is 10.5. The fourth-order valence-corrected chi connectivity index (χ4v) is 4.28. The molecule has 0 bridgehead atoms. The summed E-state index contributed by atoms with van der Waals surface area (Å²) in [5, 5.41) is 13.4. The zero-order valence-electron chi connectivity index (χ0n) is 18.5. The molecule has 4 rings (SSSR count). The summed E-state index contributed by atoms with van der Waals surface area (Å²) in [5.41, 5.74) is 1.10. The number of ether oxygens (including phenoxy) is 2. The monoisotopic (exact) mass is 448 g/mol. The average molecular weight is 449 g/mol. The first kappa shape index (κ1) is 22.8. The van der Waals surface area contributed by atoms with Crippen molar-refractivity contribution in [3.63, 3.8) is 0 Å². The number of Topliss-reactive ketones (excluding diaryl/α,β-unsaturated/α-hetero) is 1. The van der Waals surface area contributed by atoms with E-state index in [4.69, 9.17) is 9.47 Å². The number of rotatable bonds is 8. The van der Waals surface area contributed by atoms with Crippen molar-refractivity contribution in [1.29, 1.82) is 0 Å². The molecule has 33 heavy (non-hydrogen) atoms. The fraction of sp³-hybridized carbons (Fsp3) is 0.308. The molecule has 2 aliphatic rings. The van der Waals surface area contributed by atoms with Gasteiger partial charge in [-0.25, -0.2) is 0 Å². The minimum atomic E-state index is -0.724. The first-order valence-electron chi connectivity index (χ1n) is 11.2. The highest BCUT2D eigenvalue weighted by Crippen LogP contribution is 2.38. The number of quaternary nitrogens is 1. The number of carbonyl (C=O) groups excluding carboxylic acids is 2. The summed E-state index contributed by atoms with van der Waals surface area (Å²) < 4.78 is 10.9. The van der Waals surface area contributed by atoms with Crippen LogP contribution in [0.5, 0.6) is 5.75 Å². The maximum atomic E-state index is 13.4. The van der Waals surface area contributed by atoms with Gasteiger partial charge in [0.25, 0.3) is 5.91 Å². The molecule has 0 radical (unpaired) electrons. The van der Waals surface area contributed by atoms with E-state index >= 15 is 0 Å². The SMILES string of the molecule is C=CCOc1ccc(/C([O-])=C2\C(=O)C(=O)N(CC[NH+]3CCOCC3)C2c2ccccc2)cc1. The van der Waals surface area contributed by atoms with Crippen molar-refractivity contribution in [3.05, 3.63) is 84.0 Å². The van der Waals surface area contributed by atoms with Crippen LogP contribution in [-0.2, 0) is 14.3 Å². The summed E-state index contributed by atoms with van der Waals surface area (Å²) in [6, 6.07) is 15.2. The van der Waals surface area contributed by atoms with Gasteiger partial charge in [-0.2, -0.15) is 0 Å². The minimum Gasteiger partial charge on any atom is -0.872 e. The molecule has 0 spiro atoms. The first-order chi connectivity index (χ1) is 16.1. The van der Waals surface area contributed by atoms with Gasteiger partial charge in [-0.05, 0) is 23.3 Å². The molecule has 0 aliphatic carbocycles. The first-order valence-corrected chi connectivity index (χ1v) is 11.2. The van der Waals surface area contributed by atoms with E-state index in [9.17, 15) is 14.7 Å². The van der Waals surface area contributed by atoms with E-state index in [1.54, 1.807) is 35.2 Å². The molecular weight excluding hydrogens is 420 g/mol. The Bertz CT molecular complexity index is 1030. The number of likely N-dealkylation sites (tertiary alicyclic amines) is 1. The van der Waals surface area contributed by atoms with E-state index in [2.05, 4.69) is 6.58 Å². The van der Waals surface area contributed by atoms with Crippen molar-refractivity contribution in [3.8, 4) is 5.75 Å². The van der Waals surface area contributed by atoms with Gasteiger partial charge < -0.3 is 24.4 Å². The summed E-state index contributed by atoms with van der Waals surface area (Å²) in [4.78, 5) is 29.0. The van der Waals surface area contributed by atoms with E-state index in [1.165, 1.54) is 4.90 Å². The summed E-state index contributed by atoms with van der Waals surface area (Å²) in [6.07, 6.45) is 1.63. The van der Waals surface area contributed by atoms with E-state index in [0.717, 1.165) is 18.7 Å². The van der Waals surface area contributed by atoms with Crippen LogP contribution in [0.25, 0.3) is 5.76 Å². The van der Waals surface area contributed by atoms with Gasteiger partial charge in [-0.3, -0.25) is 9.59 Å². The van der Waals surface area contributed by atoms with Crippen molar-refractivity contribution in [2.45, 2.75) is 6.04 Å². The normalized spacial score (nSPS) is 20.7. The highest BCUT2D eigenvalue weighted by Gasteiger charge is 2.44. The third kappa shape index (κ3) is 4.99. The summed E-state index contributed by atoms with van der Waals surface area (Å²) in [7, 11) is 0. The Morgan fingerprint density at radius 1 is 1.12 bits per heavy atom. The Hall–Kier alpha value is -3.42. The van der Waals surface area contributed by atoms with Gasteiger partial charge >= 0.3 is 0 Å². The lowest BCUT2D eigenvalue weighted by Gasteiger charge is -2.30. The maximum absolute atomic E-state index is 13.4. The second-order valence-electron chi connectivity index (χ2n) is 8.12. The number of carbonyl (C=O) groups is 2. The molecule has 2 aromatic rings. The lowest BCUT2D eigenvalue weighted by molar-refractivity contribution is -0.907. The van der Waals surface area contributed by atoms with Crippen LogP contribution in [0.15, 0.2) is 72.8 Å². The van der Waals surface area contributed by atoms with Crippen LogP contribution in [0.3, 0.4) is 0 Å². The number of hydrogen-bond donors (Lipinski definition) is 1. The number of benzene rings is 2. The third-order valence-corrected chi connectivity index (χ3v) is 6.04. The zero-order chi connectivity index (χ0) is 23.2. The maximum Gasteiger partial charge on any atom is 0.295 e. The van der Waals surface area contributed by atoms with Crippen LogP contribution in [0.2, 0.25) is 0 Å². The highest BCUT2D eigenvalue weighted by molar-refractivity contribution is 6.46. The van der Waals surface area contributed by atoms with Crippen LogP contribution < -0.4 is 14.7 Å². The van der Waals surface area contributed by atoms with E-state index < -0.39 is 23.5 Å². The van der Waals surface area contributed by atoms with Crippen LogP contribution in [0.1, 0.15) is 17.2 Å². The van der Waals surface area contributed by atoms with Gasteiger partial charge in [0.15, 0.2) is 0 Å². The lowest BCUT2D eigenvalue weighted by atomic mass is 9.95. The molecule has 0 saturated carbocycles. The number of morpholine rings is 1. The number of nitrogens with one attached hydrogen (secondary N) is 1. The molecule has 172 valence electrons. The van der Waals surface area contributed by atoms with Gasteiger partial charge in [0.05, 0.1) is 32.3 Å². The molecule has 7 nitrogen and oxygen atoms in total. The molecular formula is C26H28N2O5. The molecule has 0 aromatic heterocycles. The second-order valence-corrected chi connectivity index (χ2v) is 8.12. The number of ketones is 1. The van der Waals surface area contributed by atoms with Gasteiger partial charge in [0.1, 0.15) is 25.4 Å². The van der Waals surface area contributed by atoms with Gasteiger partial charge in [0.2, 0.25) is 5.78 Å². The van der Waals surface area contributed by atoms with Crippen molar-refractivity contribution in [1.82, 2.24) is 4.90 Å². The number of nitrogens with zero attached hydrogens (tertiary/aromatic N) is 1. The van der Waals surface area contributed by atoms with Gasteiger partial charge in [0, 0.05) is 5.57 Å². The van der Waals surface area contributed by atoms with E-state index in [-0.39, 0.29) is 5.57 Å². The fourth-order valence-electron chi connectivity index (χ4n) is 4.28. The van der Waals surface area contributed by atoms with Crippen molar-refractivity contribution in [2.24, 2.45) is 0 Å². The molecule has 1 unspecified atom stereocenters. The van der Waals surface area contributed by atoms with Crippen LogP contribution in [0, 0.1) is 0 Å². The minimum absolute atomic E-state index is 0.00272. The molecule has 2 aliphatic heterocycles. The lowest BCUT2D eigenvalue weighted by Crippen LogP contribution is -3.14. The number of amides is 1. The number of hydrogen-bond acceptors (Lipinski definition) is 5. The Morgan fingerprint density at radius 3 is 2.48 bits per heavy atom. The average Bonchev–Trinajstić information content (AvgIpc) is 3.12. The topological polar surface area (TPSA) is 83.3 Å². The summed E-state index contributed by atoms with van der Waals surface area (Å²) in [6.45, 7) is 8.16. The van der Waals surface area contributed by atoms with Crippen LogP contribution in [0.4, 0.5) is 0 Å². The molecule has 2 aromatic carbocycles. The van der Waals surface area contributed by atoms with E-state index in [0.29, 0.717) is 44.2 Å². The summed E-state index contributed by atoms with van der Waals surface area (Å²) in [5.74, 6) is -1.18. The van der Waals surface area contributed by atoms with Crippen molar-refractivity contribution >= 4 is 17.4 Å². The molecule has 2 fully saturated rings. The van der Waals surface area contributed by atoms with Crippen LogP contribution in [-0.4, -0.2) is 62.6 Å². The standard InChI is InChI=1S/C26H28N2O5/c1-2-16-33-21-10-8-20(9-11-21)24(29)22-23(19-6-4-3-5-7-19)28(26(31)25(22)30)13-12-27-14-17-32-18-15-27/h2-11,23,29H,1,12-18H2/b24-22+. The van der Waals surface area contributed by atoms with Crippen molar-refractivity contribution in [2.75, 3.05) is 46.0 Å². The smallest absolute Gasteiger partial charge is 0.295 e. The zero-order valence-corrected chi connectivity index (χ0v) is 18.5. The quantitative estimate of drug-likeness (QED) is 0.273. The molecule has 2 heterocycles. The van der Waals surface area contributed by atoms with Gasteiger partial charge in [-0.15, -0.1) is 0 Å². The molecule has 7 heteroatoms. The summed E-state index contributed by atoms with van der Waals surface area (Å²) >= 11 is 0. The molecule has 1 N–H and O–H groups in total. The molecule has 2 saturated heterocycles. The van der Waals surface area contributed by atoms with Gasteiger partial charge in [-0.1, -0.05) is 60.9 Å². The third-order valence-electron chi connectivity index (χ3n) is 6.04. The Morgan fingerprint density at radius 2 is 1.82 bits per heavy atom. The van der Waals surface area contributed by atoms with Crippen LogP contribution >= 0.6 is 0 Å². The molecule has 1 amide bonds. The highest BCUT2D eigenvalue weighted by atomic mass is 16.5. The largest absolute Gasteiger partial charge is 0.872 e. The van der Waals surface area contributed by atoms with Crippen molar-refractivity contribution < 1.29 is 29.1 Å². The Labute approximate surface area is 193 Å². The predicted molar refractivity (Wildman–Crippen MR) is 121 cm³/mol. The van der Waals surface area contributed by atoms with E-state index in [1.807, 2.05) is 30.3 Å². The Kier molecular flexibility index (Phi) is 7.22.